The summed E-state index contributed by atoms with van der Waals surface area (Å²) in [6, 6.07) is 1.53. The molecule has 0 aliphatic rings. The molecule has 9 nitrogen and oxygen atoms in total. The summed E-state index contributed by atoms with van der Waals surface area (Å²) >= 11 is 0. The molecule has 0 unspecified atom stereocenters. The molecule has 2 rings (SSSR count). The Morgan fingerprint density at radius 1 is 1.29 bits per heavy atom. The van der Waals surface area contributed by atoms with Crippen LogP contribution in [0.25, 0.3) is 0 Å². The molecule has 2 aromatic heterocycles. The maximum Gasteiger partial charge on any atom is 0.315 e. The van der Waals surface area contributed by atoms with Crippen LogP contribution in [0.3, 0.4) is 0 Å². The maximum absolute atomic E-state index is 12.2. The first-order chi connectivity index (χ1) is 11.4. The maximum atomic E-state index is 12.2. The quantitative estimate of drug-likeness (QED) is 0.796. The lowest BCUT2D eigenvalue weighted by molar-refractivity contribution is -0.143. The number of aromatic nitrogens is 3. The van der Waals surface area contributed by atoms with E-state index in [1.54, 1.807) is 13.8 Å². The van der Waals surface area contributed by atoms with Crippen LogP contribution in [0.4, 0.5) is 5.82 Å². The molecule has 0 fully saturated rings. The fraction of sp³-hybridized carbons (Fsp3) is 0.533. The van der Waals surface area contributed by atoms with Crippen molar-refractivity contribution in [1.29, 1.82) is 0 Å². The van der Waals surface area contributed by atoms with Gasteiger partial charge in [0.2, 0.25) is 5.89 Å². The number of nitrogens with one attached hydrogen (secondary N) is 1. The van der Waals surface area contributed by atoms with E-state index in [1.165, 1.54) is 11.0 Å². The average Bonchev–Trinajstić information content (AvgIpc) is 3.12. The molecule has 0 aliphatic carbocycles. The van der Waals surface area contributed by atoms with Crippen LogP contribution in [0.15, 0.2) is 15.1 Å². The number of nitrogens with zero attached hydrogens (tertiary/aromatic N) is 4. The molecule has 0 atom stereocenters. The van der Waals surface area contributed by atoms with E-state index >= 15 is 0 Å². The molecule has 2 heterocycles. The van der Waals surface area contributed by atoms with Crippen LogP contribution in [0.5, 0.6) is 0 Å². The van der Waals surface area contributed by atoms with Crippen LogP contribution in [0.2, 0.25) is 0 Å². The van der Waals surface area contributed by atoms with Crippen LogP contribution >= 0.6 is 0 Å². The number of carbonyl (C=O) groups excluding carboxylic acids is 2. The highest BCUT2D eigenvalue weighted by Gasteiger charge is 2.23. The van der Waals surface area contributed by atoms with E-state index in [9.17, 15) is 9.59 Å². The molecule has 0 radical (unpaired) electrons. The normalized spacial score (nSPS) is 10.9. The van der Waals surface area contributed by atoms with E-state index in [4.69, 9.17) is 9.05 Å². The van der Waals surface area contributed by atoms with Gasteiger partial charge in [0.15, 0.2) is 11.6 Å². The number of likely N-dealkylation sites (N-methyl/N-ethyl adjacent to an activating group) is 1. The predicted molar refractivity (Wildman–Crippen MR) is 83.8 cm³/mol. The highest BCUT2D eigenvalue weighted by atomic mass is 16.5. The molecule has 0 saturated carbocycles. The van der Waals surface area contributed by atoms with E-state index in [0.29, 0.717) is 36.4 Å². The Morgan fingerprint density at radius 3 is 2.62 bits per heavy atom. The summed E-state index contributed by atoms with van der Waals surface area (Å²) in [6.45, 7) is 7.97. The molecule has 0 spiro atoms. The fourth-order valence-electron chi connectivity index (χ4n) is 2.02. The van der Waals surface area contributed by atoms with Crippen molar-refractivity contribution in [3.63, 3.8) is 0 Å². The van der Waals surface area contributed by atoms with Crippen molar-refractivity contribution in [3.05, 3.63) is 23.5 Å². The summed E-state index contributed by atoms with van der Waals surface area (Å²) in [5, 5.41) is 9.86. The second-order valence-electron chi connectivity index (χ2n) is 5.80. The minimum absolute atomic E-state index is 0.0994. The molecular weight excluding hydrogens is 314 g/mol. The van der Waals surface area contributed by atoms with Gasteiger partial charge in [-0.05, 0) is 19.8 Å². The summed E-state index contributed by atoms with van der Waals surface area (Å²) in [5.41, 5.74) is 0. The topological polar surface area (TPSA) is 114 Å². The molecule has 0 aliphatic heterocycles. The number of rotatable bonds is 6. The van der Waals surface area contributed by atoms with Gasteiger partial charge in [0, 0.05) is 19.0 Å². The molecule has 0 saturated heterocycles. The number of aryl methyl sites for hydroxylation is 1. The molecule has 0 bridgehead atoms. The van der Waals surface area contributed by atoms with Crippen molar-refractivity contribution >= 4 is 17.6 Å². The van der Waals surface area contributed by atoms with Gasteiger partial charge in [-0.3, -0.25) is 14.9 Å². The van der Waals surface area contributed by atoms with Crippen LogP contribution in [-0.2, 0) is 22.6 Å². The highest BCUT2D eigenvalue weighted by molar-refractivity contribution is 6.39. The lowest BCUT2D eigenvalue weighted by atomic mass is 10.1. The van der Waals surface area contributed by atoms with Crippen molar-refractivity contribution in [1.82, 2.24) is 20.2 Å². The second-order valence-corrected chi connectivity index (χ2v) is 5.80. The smallest absolute Gasteiger partial charge is 0.315 e. The summed E-state index contributed by atoms with van der Waals surface area (Å²) in [5.74, 6) is 0.510. The SMILES string of the molecule is CCN(Cc1noc(CC(C)C)n1)C(=O)C(=O)Nc1cc(C)on1. The number of carbonyl (C=O) groups is 2. The van der Waals surface area contributed by atoms with Crippen molar-refractivity contribution < 1.29 is 18.6 Å². The largest absolute Gasteiger partial charge is 0.360 e. The number of hydrogen-bond acceptors (Lipinski definition) is 7. The first kappa shape index (κ1) is 17.6. The van der Waals surface area contributed by atoms with E-state index in [1.807, 2.05) is 13.8 Å². The van der Waals surface area contributed by atoms with Crippen molar-refractivity contribution in [3.8, 4) is 0 Å². The predicted octanol–water partition coefficient (Wildman–Crippen LogP) is 1.55. The zero-order valence-electron chi connectivity index (χ0n) is 14.2. The average molecular weight is 335 g/mol. The van der Waals surface area contributed by atoms with E-state index in [2.05, 4.69) is 20.6 Å². The van der Waals surface area contributed by atoms with Crippen molar-refractivity contribution in [2.75, 3.05) is 11.9 Å². The lowest BCUT2D eigenvalue weighted by Gasteiger charge is -2.17. The van der Waals surface area contributed by atoms with E-state index < -0.39 is 11.8 Å². The minimum Gasteiger partial charge on any atom is -0.360 e. The van der Waals surface area contributed by atoms with Gasteiger partial charge in [-0.25, -0.2) is 0 Å². The molecule has 1 N–H and O–H groups in total. The molecule has 130 valence electrons. The van der Waals surface area contributed by atoms with Gasteiger partial charge in [-0.2, -0.15) is 4.98 Å². The number of anilines is 1. The molecule has 0 aromatic carbocycles. The van der Waals surface area contributed by atoms with Crippen LogP contribution in [-0.4, -0.2) is 38.6 Å². The van der Waals surface area contributed by atoms with Crippen LogP contribution in [0, 0.1) is 12.8 Å². The Kier molecular flexibility index (Phi) is 5.67. The molecule has 2 amide bonds. The van der Waals surface area contributed by atoms with Crippen LogP contribution < -0.4 is 5.32 Å². The third-order valence-electron chi connectivity index (χ3n) is 3.16. The highest BCUT2D eigenvalue weighted by Crippen LogP contribution is 2.09. The summed E-state index contributed by atoms with van der Waals surface area (Å²) in [4.78, 5) is 29.8. The standard InChI is InChI=1S/C15H21N5O4/c1-5-20(8-12-16-13(24-19-12)6-9(2)3)15(22)14(21)17-11-7-10(4)23-18-11/h7,9H,5-6,8H2,1-4H3,(H,17,18,21). The molecular formula is C15H21N5O4. The van der Waals surface area contributed by atoms with E-state index in [0.717, 1.165) is 0 Å². The van der Waals surface area contributed by atoms with Gasteiger partial charge in [-0.1, -0.05) is 24.2 Å². The van der Waals surface area contributed by atoms with E-state index in [-0.39, 0.29) is 12.4 Å². The third-order valence-corrected chi connectivity index (χ3v) is 3.16. The third kappa shape index (κ3) is 4.64. The van der Waals surface area contributed by atoms with Gasteiger partial charge in [-0.15, -0.1) is 0 Å². The van der Waals surface area contributed by atoms with Crippen molar-refractivity contribution in [2.45, 2.75) is 40.7 Å². The van der Waals surface area contributed by atoms with Gasteiger partial charge in [0.25, 0.3) is 0 Å². The Morgan fingerprint density at radius 2 is 2.04 bits per heavy atom. The first-order valence-corrected chi connectivity index (χ1v) is 7.74. The molecule has 24 heavy (non-hydrogen) atoms. The zero-order chi connectivity index (χ0) is 17.7. The molecule has 2 aromatic rings. The summed E-state index contributed by atoms with van der Waals surface area (Å²) < 4.78 is 9.98. The van der Waals surface area contributed by atoms with Gasteiger partial charge in [0.1, 0.15) is 5.76 Å². The van der Waals surface area contributed by atoms with Gasteiger partial charge in [0.05, 0.1) is 6.54 Å². The lowest BCUT2D eigenvalue weighted by Crippen LogP contribution is -2.39. The zero-order valence-corrected chi connectivity index (χ0v) is 14.2. The minimum atomic E-state index is -0.795. The second kappa shape index (κ2) is 7.71. The Bertz CT molecular complexity index is 706. The number of hydrogen-bond donors (Lipinski definition) is 1. The Hall–Kier alpha value is -2.71. The summed E-state index contributed by atoms with van der Waals surface area (Å²) in [7, 11) is 0. The monoisotopic (exact) mass is 335 g/mol. The van der Waals surface area contributed by atoms with Crippen molar-refractivity contribution in [2.24, 2.45) is 5.92 Å². The Balaban J connectivity index is 1.97. The summed E-state index contributed by atoms with van der Waals surface area (Å²) in [6.07, 6.45) is 0.666. The van der Waals surface area contributed by atoms with Gasteiger partial charge >= 0.3 is 11.8 Å². The molecule has 9 heteroatoms. The fourth-order valence-corrected chi connectivity index (χ4v) is 2.02. The van der Waals surface area contributed by atoms with Crippen LogP contribution in [0.1, 0.15) is 38.2 Å². The number of amides is 2. The van der Waals surface area contributed by atoms with Gasteiger partial charge < -0.3 is 13.9 Å². The first-order valence-electron chi connectivity index (χ1n) is 7.74. The Labute approximate surface area is 139 Å².